The normalized spacial score (nSPS) is 15.1. The van der Waals surface area contributed by atoms with E-state index in [1.165, 1.54) is 6.07 Å². The van der Waals surface area contributed by atoms with Gasteiger partial charge in [0.05, 0.1) is 0 Å². The van der Waals surface area contributed by atoms with Crippen LogP contribution in [0.1, 0.15) is 5.56 Å². The van der Waals surface area contributed by atoms with Crippen molar-refractivity contribution >= 4 is 5.69 Å². The molecule has 0 fully saturated rings. The van der Waals surface area contributed by atoms with Crippen LogP contribution in [0.15, 0.2) is 12.1 Å². The number of anilines is 1. The van der Waals surface area contributed by atoms with Crippen molar-refractivity contribution in [3.05, 3.63) is 29.3 Å². The summed E-state index contributed by atoms with van der Waals surface area (Å²) >= 11 is 0. The van der Waals surface area contributed by atoms with Crippen molar-refractivity contribution in [3.8, 4) is 0 Å². The van der Waals surface area contributed by atoms with Crippen molar-refractivity contribution in [2.75, 3.05) is 18.5 Å². The van der Waals surface area contributed by atoms with Gasteiger partial charge >= 0.3 is 0 Å². The second-order valence-corrected chi connectivity index (χ2v) is 3.06. The van der Waals surface area contributed by atoms with Gasteiger partial charge in [-0.25, -0.2) is 8.78 Å². The van der Waals surface area contributed by atoms with E-state index < -0.39 is 11.6 Å². The molecular formula is C9H9F2N. The molecule has 0 bridgehead atoms. The van der Waals surface area contributed by atoms with Crippen LogP contribution in [0.3, 0.4) is 0 Å². The molecule has 0 aromatic heterocycles. The summed E-state index contributed by atoms with van der Waals surface area (Å²) in [5.74, 6) is -0.922. The van der Waals surface area contributed by atoms with Gasteiger partial charge in [0.25, 0.3) is 0 Å². The van der Waals surface area contributed by atoms with E-state index in [9.17, 15) is 8.78 Å². The SMILES string of the molecule is CN1CCc2c(F)cc(F)cc21. The Morgan fingerprint density at radius 2 is 2.08 bits per heavy atom. The van der Waals surface area contributed by atoms with Gasteiger partial charge in [0.15, 0.2) is 0 Å². The van der Waals surface area contributed by atoms with Crippen molar-refractivity contribution in [3.63, 3.8) is 0 Å². The second kappa shape index (κ2) is 2.44. The number of rotatable bonds is 0. The summed E-state index contributed by atoms with van der Waals surface area (Å²) in [5.41, 5.74) is 1.33. The zero-order chi connectivity index (χ0) is 8.72. The minimum absolute atomic E-state index is 0.422. The highest BCUT2D eigenvalue weighted by atomic mass is 19.1. The fourth-order valence-electron chi connectivity index (χ4n) is 1.58. The summed E-state index contributed by atoms with van der Waals surface area (Å²) in [6.07, 6.45) is 0.679. The lowest BCUT2D eigenvalue weighted by Crippen LogP contribution is -2.12. The van der Waals surface area contributed by atoms with Crippen LogP contribution in [0.2, 0.25) is 0 Å². The van der Waals surface area contributed by atoms with Gasteiger partial charge < -0.3 is 4.90 Å². The Labute approximate surface area is 69.6 Å². The average Bonchev–Trinajstić information content (AvgIpc) is 2.33. The van der Waals surface area contributed by atoms with E-state index in [2.05, 4.69) is 0 Å². The van der Waals surface area contributed by atoms with Crippen LogP contribution in [0.25, 0.3) is 0 Å². The smallest absolute Gasteiger partial charge is 0.131 e. The molecule has 1 aromatic carbocycles. The number of likely N-dealkylation sites (N-methyl/N-ethyl adjacent to an activating group) is 1. The third kappa shape index (κ3) is 0.967. The Hall–Kier alpha value is -1.12. The Balaban J connectivity index is 2.60. The Kier molecular flexibility index (Phi) is 1.53. The third-order valence-corrected chi connectivity index (χ3v) is 2.25. The summed E-state index contributed by atoms with van der Waals surface area (Å²) < 4.78 is 25.8. The minimum atomic E-state index is -0.500. The van der Waals surface area contributed by atoms with Crippen LogP contribution in [0.4, 0.5) is 14.5 Å². The first-order valence-electron chi connectivity index (χ1n) is 3.87. The number of hydrogen-bond acceptors (Lipinski definition) is 1. The molecule has 0 spiro atoms. The van der Waals surface area contributed by atoms with Gasteiger partial charge in [-0.3, -0.25) is 0 Å². The molecule has 1 heterocycles. The highest BCUT2D eigenvalue weighted by Gasteiger charge is 2.20. The van der Waals surface area contributed by atoms with E-state index in [1.807, 2.05) is 11.9 Å². The fraction of sp³-hybridized carbons (Fsp3) is 0.333. The zero-order valence-corrected chi connectivity index (χ0v) is 6.77. The molecule has 64 valence electrons. The molecule has 0 saturated heterocycles. The summed E-state index contributed by atoms with van der Waals surface area (Å²) in [4.78, 5) is 1.86. The molecule has 0 radical (unpaired) electrons. The van der Waals surface area contributed by atoms with Crippen LogP contribution in [-0.4, -0.2) is 13.6 Å². The summed E-state index contributed by atoms with van der Waals surface area (Å²) in [6.45, 7) is 0.774. The largest absolute Gasteiger partial charge is 0.374 e. The molecule has 0 N–H and O–H groups in total. The molecule has 0 saturated carbocycles. The van der Waals surface area contributed by atoms with Gasteiger partial charge in [-0.2, -0.15) is 0 Å². The summed E-state index contributed by atoms with van der Waals surface area (Å²) in [5, 5.41) is 0. The van der Waals surface area contributed by atoms with Gasteiger partial charge in [-0.15, -0.1) is 0 Å². The van der Waals surface area contributed by atoms with Crippen molar-refractivity contribution < 1.29 is 8.78 Å². The first-order chi connectivity index (χ1) is 5.68. The molecule has 0 amide bonds. The highest BCUT2D eigenvalue weighted by molar-refractivity contribution is 5.57. The van der Waals surface area contributed by atoms with Crippen LogP contribution in [0.5, 0.6) is 0 Å². The minimum Gasteiger partial charge on any atom is -0.374 e. The Bertz CT molecular complexity index is 323. The number of hydrogen-bond donors (Lipinski definition) is 0. The summed E-state index contributed by atoms with van der Waals surface area (Å²) in [6, 6.07) is 2.32. The van der Waals surface area contributed by atoms with Crippen LogP contribution in [-0.2, 0) is 6.42 Å². The highest BCUT2D eigenvalue weighted by Crippen LogP contribution is 2.29. The lowest BCUT2D eigenvalue weighted by molar-refractivity contribution is 0.577. The Morgan fingerprint density at radius 3 is 2.83 bits per heavy atom. The maximum Gasteiger partial charge on any atom is 0.131 e. The lowest BCUT2D eigenvalue weighted by atomic mass is 10.1. The van der Waals surface area contributed by atoms with Gasteiger partial charge in [0, 0.05) is 30.9 Å². The molecule has 0 atom stereocenters. The first-order valence-corrected chi connectivity index (χ1v) is 3.87. The molecule has 3 heteroatoms. The predicted octanol–water partition coefficient (Wildman–Crippen LogP) is 1.96. The van der Waals surface area contributed by atoms with E-state index in [0.717, 1.165) is 12.6 Å². The number of fused-ring (bicyclic) bond motifs is 1. The summed E-state index contributed by atoms with van der Waals surface area (Å²) in [7, 11) is 1.84. The molecule has 2 rings (SSSR count). The maximum atomic E-state index is 13.1. The molecule has 1 aromatic rings. The first kappa shape index (κ1) is 7.53. The number of nitrogens with zero attached hydrogens (tertiary/aromatic N) is 1. The van der Waals surface area contributed by atoms with Gasteiger partial charge in [0.2, 0.25) is 0 Å². The van der Waals surface area contributed by atoms with E-state index in [-0.39, 0.29) is 0 Å². The van der Waals surface area contributed by atoms with Crippen LogP contribution < -0.4 is 4.90 Å². The quantitative estimate of drug-likeness (QED) is 0.573. The van der Waals surface area contributed by atoms with E-state index >= 15 is 0 Å². The zero-order valence-electron chi connectivity index (χ0n) is 6.77. The molecule has 12 heavy (non-hydrogen) atoms. The maximum absolute atomic E-state index is 13.1. The van der Waals surface area contributed by atoms with Crippen molar-refractivity contribution in [2.24, 2.45) is 0 Å². The van der Waals surface area contributed by atoms with Crippen molar-refractivity contribution in [1.29, 1.82) is 0 Å². The number of benzene rings is 1. The second-order valence-electron chi connectivity index (χ2n) is 3.06. The van der Waals surface area contributed by atoms with Crippen LogP contribution in [0, 0.1) is 11.6 Å². The standard InChI is InChI=1S/C9H9F2N/c1-12-3-2-7-8(11)4-6(10)5-9(7)12/h4-5H,2-3H2,1H3. The van der Waals surface area contributed by atoms with E-state index in [1.54, 1.807) is 0 Å². The third-order valence-electron chi connectivity index (χ3n) is 2.25. The monoisotopic (exact) mass is 169 g/mol. The number of halogens is 2. The average molecular weight is 169 g/mol. The predicted molar refractivity (Wildman–Crippen MR) is 43.3 cm³/mol. The molecule has 1 aliphatic heterocycles. The lowest BCUT2D eigenvalue weighted by Gasteiger charge is -2.11. The van der Waals surface area contributed by atoms with E-state index in [4.69, 9.17) is 0 Å². The van der Waals surface area contributed by atoms with Crippen LogP contribution >= 0.6 is 0 Å². The Morgan fingerprint density at radius 1 is 1.33 bits per heavy atom. The van der Waals surface area contributed by atoms with E-state index in [0.29, 0.717) is 17.7 Å². The fourth-order valence-corrected chi connectivity index (χ4v) is 1.58. The van der Waals surface area contributed by atoms with Crippen molar-refractivity contribution in [2.45, 2.75) is 6.42 Å². The molecule has 1 aliphatic rings. The van der Waals surface area contributed by atoms with Crippen molar-refractivity contribution in [1.82, 2.24) is 0 Å². The van der Waals surface area contributed by atoms with Gasteiger partial charge in [0.1, 0.15) is 11.6 Å². The molecule has 0 unspecified atom stereocenters. The molecular weight excluding hydrogens is 160 g/mol. The molecule has 1 nitrogen and oxygen atoms in total. The topological polar surface area (TPSA) is 3.24 Å². The van der Waals surface area contributed by atoms with Gasteiger partial charge in [-0.1, -0.05) is 0 Å². The van der Waals surface area contributed by atoms with Gasteiger partial charge in [-0.05, 0) is 12.5 Å². The molecule has 0 aliphatic carbocycles.